The topological polar surface area (TPSA) is 74.1 Å². The van der Waals surface area contributed by atoms with E-state index < -0.39 is 0 Å². The number of nitrogens with one attached hydrogen (secondary N) is 1. The van der Waals surface area contributed by atoms with Crippen LogP contribution < -0.4 is 14.8 Å². The number of halogens is 2. The number of hydrogen-bond donors (Lipinski definition) is 1. The highest BCUT2D eigenvalue weighted by atomic mass is 35.5. The van der Waals surface area contributed by atoms with E-state index in [4.69, 9.17) is 21.1 Å². The Morgan fingerprint density at radius 1 is 1.10 bits per heavy atom. The zero-order valence-electron chi connectivity index (χ0n) is 16.9. The Morgan fingerprint density at radius 3 is 2.57 bits per heavy atom. The largest absolute Gasteiger partial charge is 0.493 e. The molecule has 3 aromatic rings. The van der Waals surface area contributed by atoms with Crippen LogP contribution in [0.15, 0.2) is 47.6 Å². The minimum Gasteiger partial charge on any atom is -0.493 e. The molecule has 0 radical (unpaired) electrons. The maximum Gasteiger partial charge on any atom is 0.209 e. The third kappa shape index (κ3) is 7.36. The SMILES string of the molecule is COc1cc(CNCCCSc2nnnn2C)ccc1OCc1ccc(Cl)cc1.Cl. The molecule has 0 atom stereocenters. The number of tetrazole rings is 1. The van der Waals surface area contributed by atoms with E-state index in [1.165, 1.54) is 0 Å². The highest BCUT2D eigenvalue weighted by molar-refractivity contribution is 7.99. The molecular formula is C20H25Cl2N5O2S. The molecule has 0 bridgehead atoms. The van der Waals surface area contributed by atoms with E-state index in [1.54, 1.807) is 23.6 Å². The number of aryl methyl sites for hydroxylation is 1. The molecule has 1 heterocycles. The monoisotopic (exact) mass is 469 g/mol. The van der Waals surface area contributed by atoms with Gasteiger partial charge in [-0.15, -0.1) is 17.5 Å². The van der Waals surface area contributed by atoms with Gasteiger partial charge in [0.1, 0.15) is 6.61 Å². The van der Waals surface area contributed by atoms with Crippen molar-refractivity contribution >= 4 is 35.8 Å². The maximum atomic E-state index is 5.92. The number of benzene rings is 2. The summed E-state index contributed by atoms with van der Waals surface area (Å²) < 4.78 is 13.1. The van der Waals surface area contributed by atoms with Crippen LogP contribution in [0.25, 0.3) is 0 Å². The summed E-state index contributed by atoms with van der Waals surface area (Å²) in [7, 11) is 3.50. The van der Waals surface area contributed by atoms with Crippen LogP contribution in [0.1, 0.15) is 17.5 Å². The molecule has 0 saturated heterocycles. The molecule has 2 aromatic carbocycles. The zero-order chi connectivity index (χ0) is 20.5. The van der Waals surface area contributed by atoms with Gasteiger partial charge in [-0.3, -0.25) is 0 Å². The Bertz CT molecular complexity index is 908. The predicted octanol–water partition coefficient (Wildman–Crippen LogP) is 4.14. The van der Waals surface area contributed by atoms with Crippen LogP contribution in [-0.4, -0.2) is 39.6 Å². The van der Waals surface area contributed by atoms with Crippen molar-refractivity contribution in [3.05, 3.63) is 58.6 Å². The van der Waals surface area contributed by atoms with Gasteiger partial charge in [-0.25, -0.2) is 4.68 Å². The lowest BCUT2D eigenvalue weighted by atomic mass is 10.2. The minimum absolute atomic E-state index is 0. The lowest BCUT2D eigenvalue weighted by Gasteiger charge is -2.13. The number of thioether (sulfide) groups is 1. The first-order valence-corrected chi connectivity index (χ1v) is 10.6. The quantitative estimate of drug-likeness (QED) is 0.334. The molecule has 1 aromatic heterocycles. The molecule has 7 nitrogen and oxygen atoms in total. The average Bonchev–Trinajstić information content (AvgIpc) is 3.15. The summed E-state index contributed by atoms with van der Waals surface area (Å²) in [6.45, 7) is 2.14. The third-order valence-electron chi connectivity index (χ3n) is 4.18. The van der Waals surface area contributed by atoms with Crippen LogP contribution in [0.5, 0.6) is 11.5 Å². The van der Waals surface area contributed by atoms with Crippen LogP contribution in [0.2, 0.25) is 5.02 Å². The molecular weight excluding hydrogens is 445 g/mol. The van der Waals surface area contributed by atoms with E-state index >= 15 is 0 Å². The van der Waals surface area contributed by atoms with Gasteiger partial charge in [-0.2, -0.15) is 0 Å². The average molecular weight is 470 g/mol. The van der Waals surface area contributed by atoms with E-state index in [2.05, 4.69) is 20.8 Å². The van der Waals surface area contributed by atoms with Gasteiger partial charge in [-0.1, -0.05) is 41.6 Å². The van der Waals surface area contributed by atoms with Crippen molar-refractivity contribution in [2.24, 2.45) is 7.05 Å². The van der Waals surface area contributed by atoms with Crippen LogP contribution in [0, 0.1) is 0 Å². The molecule has 30 heavy (non-hydrogen) atoms. The van der Waals surface area contributed by atoms with Gasteiger partial charge in [-0.05, 0) is 58.8 Å². The van der Waals surface area contributed by atoms with Gasteiger partial charge >= 0.3 is 0 Å². The second-order valence-corrected chi connectivity index (χ2v) is 7.86. The Labute approximate surface area is 191 Å². The van der Waals surface area contributed by atoms with E-state index in [1.807, 2.05) is 49.5 Å². The molecule has 0 aliphatic heterocycles. The number of nitrogens with zero attached hydrogens (tertiary/aromatic N) is 4. The van der Waals surface area contributed by atoms with Gasteiger partial charge in [0.2, 0.25) is 5.16 Å². The fourth-order valence-corrected chi connectivity index (χ4v) is 3.53. The maximum absolute atomic E-state index is 5.92. The molecule has 10 heteroatoms. The second-order valence-electron chi connectivity index (χ2n) is 6.36. The zero-order valence-corrected chi connectivity index (χ0v) is 19.3. The molecule has 0 saturated carbocycles. The van der Waals surface area contributed by atoms with E-state index in [0.717, 1.165) is 53.0 Å². The van der Waals surface area contributed by atoms with Crippen molar-refractivity contribution in [1.82, 2.24) is 25.5 Å². The summed E-state index contributed by atoms with van der Waals surface area (Å²) in [4.78, 5) is 0. The third-order valence-corrected chi connectivity index (χ3v) is 5.52. The van der Waals surface area contributed by atoms with Crippen LogP contribution >= 0.6 is 35.8 Å². The second kappa shape index (κ2) is 12.6. The first-order valence-electron chi connectivity index (χ1n) is 9.25. The minimum atomic E-state index is 0. The fraction of sp³-hybridized carbons (Fsp3) is 0.350. The summed E-state index contributed by atoms with van der Waals surface area (Å²) in [5.41, 5.74) is 2.20. The van der Waals surface area contributed by atoms with Gasteiger partial charge in [0, 0.05) is 24.4 Å². The summed E-state index contributed by atoms with van der Waals surface area (Å²) >= 11 is 7.57. The highest BCUT2D eigenvalue weighted by Crippen LogP contribution is 2.29. The van der Waals surface area contributed by atoms with Crippen molar-refractivity contribution in [2.75, 3.05) is 19.4 Å². The van der Waals surface area contributed by atoms with Crippen molar-refractivity contribution in [3.63, 3.8) is 0 Å². The number of ether oxygens (including phenoxy) is 2. The Balaban J connectivity index is 0.00000320. The molecule has 0 amide bonds. The van der Waals surface area contributed by atoms with E-state index in [-0.39, 0.29) is 12.4 Å². The van der Waals surface area contributed by atoms with Crippen molar-refractivity contribution in [3.8, 4) is 11.5 Å². The summed E-state index contributed by atoms with van der Waals surface area (Å²) in [5, 5.41) is 16.4. The molecule has 0 aliphatic carbocycles. The summed E-state index contributed by atoms with van der Waals surface area (Å²) in [5.74, 6) is 2.41. The highest BCUT2D eigenvalue weighted by Gasteiger charge is 2.07. The lowest BCUT2D eigenvalue weighted by Crippen LogP contribution is -2.15. The van der Waals surface area contributed by atoms with Gasteiger partial charge in [0.25, 0.3) is 0 Å². The molecule has 1 N–H and O–H groups in total. The van der Waals surface area contributed by atoms with E-state index in [0.29, 0.717) is 11.6 Å². The molecule has 0 aliphatic rings. The molecule has 162 valence electrons. The number of aromatic nitrogens is 4. The molecule has 0 spiro atoms. The van der Waals surface area contributed by atoms with Gasteiger partial charge in [0.15, 0.2) is 11.5 Å². The first-order chi connectivity index (χ1) is 14.2. The summed E-state index contributed by atoms with van der Waals surface area (Å²) in [6.07, 6.45) is 1.02. The molecule has 0 fully saturated rings. The normalized spacial score (nSPS) is 10.5. The van der Waals surface area contributed by atoms with Crippen molar-refractivity contribution in [1.29, 1.82) is 0 Å². The number of hydrogen-bond acceptors (Lipinski definition) is 7. The van der Waals surface area contributed by atoms with Crippen molar-refractivity contribution < 1.29 is 9.47 Å². The van der Waals surface area contributed by atoms with Crippen molar-refractivity contribution in [2.45, 2.75) is 24.7 Å². The number of methoxy groups -OCH3 is 1. The van der Waals surface area contributed by atoms with Crippen LogP contribution in [0.3, 0.4) is 0 Å². The number of rotatable bonds is 11. The fourth-order valence-electron chi connectivity index (χ4n) is 2.62. The lowest BCUT2D eigenvalue weighted by molar-refractivity contribution is 0.284. The Morgan fingerprint density at radius 2 is 1.87 bits per heavy atom. The van der Waals surface area contributed by atoms with Crippen LogP contribution in [-0.2, 0) is 20.2 Å². The summed E-state index contributed by atoms with van der Waals surface area (Å²) in [6, 6.07) is 13.6. The molecule has 0 unspecified atom stereocenters. The van der Waals surface area contributed by atoms with E-state index in [9.17, 15) is 0 Å². The predicted molar refractivity (Wildman–Crippen MR) is 122 cm³/mol. The Kier molecular flexibility index (Phi) is 10.2. The standard InChI is InChI=1S/C20H24ClN5O2S.ClH/c1-26-20(23-24-25-26)29-11-3-10-22-13-16-6-9-18(19(12-16)27-2)28-14-15-4-7-17(21)8-5-15;/h4-9,12,22H,3,10-11,13-14H2,1-2H3;1H. The Hall–Kier alpha value is -2.00. The van der Waals surface area contributed by atoms with Gasteiger partial charge in [0.05, 0.1) is 7.11 Å². The van der Waals surface area contributed by atoms with Crippen LogP contribution in [0.4, 0.5) is 0 Å². The molecule has 3 rings (SSSR count). The first kappa shape index (κ1) is 24.3. The van der Waals surface area contributed by atoms with Gasteiger partial charge < -0.3 is 14.8 Å². The smallest absolute Gasteiger partial charge is 0.209 e.